The van der Waals surface area contributed by atoms with Gasteiger partial charge in [0.05, 0.1) is 24.8 Å². The number of benzene rings is 1. The Bertz CT molecular complexity index is 1270. The molecule has 1 aromatic carbocycles. The Morgan fingerprint density at radius 3 is 2.67 bits per heavy atom. The number of aromatic nitrogens is 2. The number of aliphatic hydroxyl groups is 1. The number of nitrogens with one attached hydrogen (secondary N) is 2. The Kier molecular flexibility index (Phi) is 7.41. The van der Waals surface area contributed by atoms with Gasteiger partial charge in [0.1, 0.15) is 23.1 Å². The van der Waals surface area contributed by atoms with E-state index in [0.717, 1.165) is 0 Å². The summed E-state index contributed by atoms with van der Waals surface area (Å²) in [5.74, 6) is -4.04. The molecular weight excluding hydrogens is 477 g/mol. The van der Waals surface area contributed by atoms with Gasteiger partial charge in [0, 0.05) is 31.3 Å². The van der Waals surface area contributed by atoms with Crippen LogP contribution in [0.3, 0.4) is 0 Å². The van der Waals surface area contributed by atoms with Crippen LogP contribution in [0.1, 0.15) is 30.4 Å². The summed E-state index contributed by atoms with van der Waals surface area (Å²) in [5, 5.41) is 12.0. The third-order valence-corrected chi connectivity index (χ3v) is 6.20. The SMILES string of the molecule is C[C@@H](C(=O)Nc1ccc(Oc2ccc(F)cc2)cn1)N1CCC(F)(F)C(c2c[nH]c(=O)c(CO)c2)C1. The number of rotatable bonds is 7. The fourth-order valence-corrected chi connectivity index (χ4v) is 4.05. The number of hydrogen-bond donors (Lipinski definition) is 3. The molecule has 0 radical (unpaired) electrons. The maximum atomic E-state index is 14.8. The molecule has 3 N–H and O–H groups in total. The fraction of sp³-hybridized carbons (Fsp3) is 0.320. The molecule has 1 fully saturated rings. The molecule has 2 aromatic heterocycles. The summed E-state index contributed by atoms with van der Waals surface area (Å²) in [6.45, 7) is 0.946. The van der Waals surface area contributed by atoms with Crippen molar-refractivity contribution in [2.24, 2.45) is 0 Å². The summed E-state index contributed by atoms with van der Waals surface area (Å²) in [5.41, 5.74) is -0.338. The van der Waals surface area contributed by atoms with E-state index in [1.807, 2.05) is 0 Å². The van der Waals surface area contributed by atoms with Gasteiger partial charge < -0.3 is 20.1 Å². The fourth-order valence-electron chi connectivity index (χ4n) is 4.05. The van der Waals surface area contributed by atoms with Gasteiger partial charge in [-0.05, 0) is 55.0 Å². The van der Waals surface area contributed by atoms with Crippen molar-refractivity contribution in [3.63, 3.8) is 0 Å². The van der Waals surface area contributed by atoms with Gasteiger partial charge in [0.2, 0.25) is 5.91 Å². The number of amides is 1. The lowest BCUT2D eigenvalue weighted by molar-refractivity contribution is -0.125. The average molecular weight is 502 g/mol. The van der Waals surface area contributed by atoms with Crippen molar-refractivity contribution in [3.05, 3.63) is 82.2 Å². The normalized spacial score (nSPS) is 18.4. The molecule has 11 heteroatoms. The first-order valence-corrected chi connectivity index (χ1v) is 11.3. The zero-order chi connectivity index (χ0) is 25.9. The highest BCUT2D eigenvalue weighted by Crippen LogP contribution is 2.40. The minimum Gasteiger partial charge on any atom is -0.456 e. The van der Waals surface area contributed by atoms with E-state index < -0.39 is 42.4 Å². The summed E-state index contributed by atoms with van der Waals surface area (Å²) in [4.78, 5) is 32.7. The minimum absolute atomic E-state index is 0.00384. The predicted octanol–water partition coefficient (Wildman–Crippen LogP) is 3.65. The topological polar surface area (TPSA) is 108 Å². The van der Waals surface area contributed by atoms with Crippen molar-refractivity contribution in [1.82, 2.24) is 14.9 Å². The summed E-state index contributed by atoms with van der Waals surface area (Å²) in [6, 6.07) is 9.15. The molecule has 0 spiro atoms. The van der Waals surface area contributed by atoms with Crippen molar-refractivity contribution in [3.8, 4) is 11.5 Å². The number of carbonyl (C=O) groups is 1. The Balaban J connectivity index is 1.40. The van der Waals surface area contributed by atoms with Gasteiger partial charge in [-0.1, -0.05) is 0 Å². The molecule has 0 bridgehead atoms. The number of hydrogen-bond acceptors (Lipinski definition) is 6. The van der Waals surface area contributed by atoms with Crippen LogP contribution in [0.15, 0.2) is 59.7 Å². The Hall–Kier alpha value is -3.70. The number of alkyl halides is 2. The minimum atomic E-state index is -3.04. The molecule has 3 aromatic rings. The number of carbonyl (C=O) groups excluding carboxylic acids is 1. The van der Waals surface area contributed by atoms with Crippen molar-refractivity contribution in [2.45, 2.75) is 37.8 Å². The molecule has 1 aliphatic rings. The lowest BCUT2D eigenvalue weighted by Gasteiger charge is -2.40. The molecule has 36 heavy (non-hydrogen) atoms. The van der Waals surface area contributed by atoms with Crippen LogP contribution in [-0.2, 0) is 11.4 Å². The zero-order valence-corrected chi connectivity index (χ0v) is 19.4. The second-order valence-corrected chi connectivity index (χ2v) is 8.60. The number of anilines is 1. The molecule has 1 amide bonds. The van der Waals surface area contributed by atoms with Crippen LogP contribution in [-0.4, -0.2) is 50.9 Å². The van der Waals surface area contributed by atoms with Gasteiger partial charge in [-0.3, -0.25) is 14.5 Å². The Morgan fingerprint density at radius 2 is 2.00 bits per heavy atom. The van der Waals surface area contributed by atoms with Crippen LogP contribution >= 0.6 is 0 Å². The molecule has 3 heterocycles. The highest BCUT2D eigenvalue weighted by Gasteiger charge is 2.46. The molecular formula is C25H25F3N4O4. The van der Waals surface area contributed by atoms with E-state index in [1.165, 1.54) is 48.8 Å². The second-order valence-electron chi connectivity index (χ2n) is 8.60. The second kappa shape index (κ2) is 10.5. The van der Waals surface area contributed by atoms with Crippen molar-refractivity contribution < 1.29 is 27.8 Å². The van der Waals surface area contributed by atoms with E-state index >= 15 is 0 Å². The van der Waals surface area contributed by atoms with Gasteiger partial charge in [-0.25, -0.2) is 18.2 Å². The van der Waals surface area contributed by atoms with Crippen LogP contribution in [0.25, 0.3) is 0 Å². The number of ether oxygens (including phenoxy) is 1. The number of halogens is 3. The maximum absolute atomic E-state index is 14.8. The summed E-state index contributed by atoms with van der Waals surface area (Å²) in [6.07, 6.45) is 2.17. The standard InChI is InChI=1S/C25H25F3N4O4/c1-15(23(34)31-22-7-6-20(12-29-22)36-19-4-2-18(26)3-5-19)32-9-8-25(27,28)21(13-32)16-10-17(14-33)24(35)30-11-16/h2-7,10-12,15,21,33H,8-9,13-14H2,1H3,(H,30,35)(H,29,31,34)/t15-,21?/m0/s1. The molecule has 0 aliphatic carbocycles. The summed E-state index contributed by atoms with van der Waals surface area (Å²) in [7, 11) is 0. The van der Waals surface area contributed by atoms with Crippen LogP contribution < -0.4 is 15.6 Å². The van der Waals surface area contributed by atoms with Crippen molar-refractivity contribution >= 4 is 11.7 Å². The molecule has 8 nitrogen and oxygen atoms in total. The van der Waals surface area contributed by atoms with Crippen molar-refractivity contribution in [2.75, 3.05) is 18.4 Å². The Morgan fingerprint density at radius 1 is 1.28 bits per heavy atom. The number of piperidine rings is 1. The quantitative estimate of drug-likeness (QED) is 0.455. The van der Waals surface area contributed by atoms with Crippen LogP contribution in [0.2, 0.25) is 0 Å². The van der Waals surface area contributed by atoms with Crippen LogP contribution in [0.5, 0.6) is 11.5 Å². The summed E-state index contributed by atoms with van der Waals surface area (Å²) >= 11 is 0. The van der Waals surface area contributed by atoms with Gasteiger partial charge in [-0.15, -0.1) is 0 Å². The third kappa shape index (κ3) is 5.74. The smallest absolute Gasteiger partial charge is 0.257 e. The van der Waals surface area contributed by atoms with E-state index in [9.17, 15) is 27.9 Å². The van der Waals surface area contributed by atoms with Gasteiger partial charge in [0.15, 0.2) is 0 Å². The number of likely N-dealkylation sites (tertiary alicyclic amines) is 1. The number of aromatic amines is 1. The molecule has 1 saturated heterocycles. The van der Waals surface area contributed by atoms with E-state index in [1.54, 1.807) is 17.9 Å². The first-order chi connectivity index (χ1) is 17.2. The van der Waals surface area contributed by atoms with Gasteiger partial charge in [-0.2, -0.15) is 0 Å². The first kappa shape index (κ1) is 25.4. The van der Waals surface area contributed by atoms with E-state index in [-0.39, 0.29) is 35.9 Å². The molecule has 0 saturated carbocycles. The van der Waals surface area contributed by atoms with Crippen LogP contribution in [0.4, 0.5) is 19.0 Å². The van der Waals surface area contributed by atoms with Crippen LogP contribution in [0, 0.1) is 5.82 Å². The summed E-state index contributed by atoms with van der Waals surface area (Å²) < 4.78 is 48.1. The van der Waals surface area contributed by atoms with E-state index in [4.69, 9.17) is 4.74 Å². The highest BCUT2D eigenvalue weighted by atomic mass is 19.3. The average Bonchev–Trinajstić information content (AvgIpc) is 2.86. The Labute approximate surface area is 204 Å². The maximum Gasteiger partial charge on any atom is 0.257 e. The molecule has 2 atom stereocenters. The zero-order valence-electron chi connectivity index (χ0n) is 19.4. The highest BCUT2D eigenvalue weighted by molar-refractivity contribution is 5.93. The molecule has 1 unspecified atom stereocenters. The molecule has 4 rings (SSSR count). The van der Waals surface area contributed by atoms with Crippen molar-refractivity contribution in [1.29, 1.82) is 0 Å². The molecule has 190 valence electrons. The number of nitrogens with zero attached hydrogens (tertiary/aromatic N) is 2. The van der Waals surface area contributed by atoms with Gasteiger partial charge >= 0.3 is 0 Å². The van der Waals surface area contributed by atoms with E-state index in [0.29, 0.717) is 11.5 Å². The number of aliphatic hydroxyl groups excluding tert-OH is 1. The number of H-pyrrole nitrogens is 1. The predicted molar refractivity (Wildman–Crippen MR) is 126 cm³/mol. The third-order valence-electron chi connectivity index (χ3n) is 6.20. The molecule has 1 aliphatic heterocycles. The lowest BCUT2D eigenvalue weighted by Crippen LogP contribution is -2.52. The first-order valence-electron chi connectivity index (χ1n) is 11.3. The lowest BCUT2D eigenvalue weighted by atomic mass is 9.86. The number of pyridine rings is 2. The monoisotopic (exact) mass is 502 g/mol. The van der Waals surface area contributed by atoms with E-state index in [2.05, 4.69) is 15.3 Å². The largest absolute Gasteiger partial charge is 0.456 e. The van der Waals surface area contributed by atoms with Gasteiger partial charge in [0.25, 0.3) is 11.5 Å².